The second-order valence-corrected chi connectivity index (χ2v) is 7.75. The van der Waals surface area contributed by atoms with Crippen LogP contribution < -0.4 is 15.3 Å². The molecule has 0 atom stereocenters. The molecule has 0 radical (unpaired) electrons. The first kappa shape index (κ1) is 17.3. The van der Waals surface area contributed by atoms with E-state index < -0.39 is 0 Å². The molecule has 3 aromatic heterocycles. The molecule has 4 aromatic rings. The van der Waals surface area contributed by atoms with Gasteiger partial charge in [-0.25, -0.2) is 9.48 Å². The number of anilines is 2. The highest BCUT2D eigenvalue weighted by Crippen LogP contribution is 2.39. The molecular weight excluding hydrogens is 382 g/mol. The van der Waals surface area contributed by atoms with Gasteiger partial charge >= 0.3 is 5.69 Å². The second-order valence-electron chi connectivity index (χ2n) is 7.75. The highest BCUT2D eigenvalue weighted by molar-refractivity contribution is 5.75. The van der Waals surface area contributed by atoms with Gasteiger partial charge in [0.15, 0.2) is 11.5 Å². The van der Waals surface area contributed by atoms with Crippen LogP contribution in [-0.4, -0.2) is 42.1 Å². The lowest BCUT2D eigenvalue weighted by Crippen LogP contribution is -2.28. The Kier molecular flexibility index (Phi) is 3.71. The monoisotopic (exact) mass is 403 g/mol. The Morgan fingerprint density at radius 3 is 2.93 bits per heavy atom. The van der Waals surface area contributed by atoms with Gasteiger partial charge in [-0.3, -0.25) is 4.40 Å². The van der Waals surface area contributed by atoms with Gasteiger partial charge in [-0.15, -0.1) is 10.2 Å². The molecular formula is C21H21N7O2. The van der Waals surface area contributed by atoms with Crippen molar-refractivity contribution >= 4 is 17.0 Å². The summed E-state index contributed by atoms with van der Waals surface area (Å²) in [7, 11) is 1.66. The van der Waals surface area contributed by atoms with E-state index in [2.05, 4.69) is 43.0 Å². The highest BCUT2D eigenvalue weighted by Gasteiger charge is 2.23. The lowest BCUT2D eigenvalue weighted by atomic mass is 10.1. The lowest BCUT2D eigenvalue weighted by Gasteiger charge is -2.31. The number of pyridine rings is 1. The Bertz CT molecular complexity index is 1330. The number of aryl methyl sites for hydroxylation is 2. The summed E-state index contributed by atoms with van der Waals surface area (Å²) >= 11 is 0. The number of fused-ring (bicyclic) bond motifs is 3. The summed E-state index contributed by atoms with van der Waals surface area (Å²) < 4.78 is 11.1. The van der Waals surface area contributed by atoms with E-state index in [1.165, 1.54) is 11.1 Å². The first-order valence-electron chi connectivity index (χ1n) is 10.2. The van der Waals surface area contributed by atoms with Crippen molar-refractivity contribution in [2.45, 2.75) is 25.8 Å². The second kappa shape index (κ2) is 6.45. The number of benzene rings is 1. The van der Waals surface area contributed by atoms with Crippen LogP contribution in [0.5, 0.6) is 5.75 Å². The minimum absolute atomic E-state index is 0.153. The number of nitrogens with zero attached hydrogens (tertiary/aromatic N) is 7. The summed E-state index contributed by atoms with van der Waals surface area (Å²) in [5.74, 6) is 2.79. The molecule has 2 aliphatic heterocycles. The molecule has 0 spiro atoms. The zero-order valence-corrected chi connectivity index (χ0v) is 16.7. The maximum atomic E-state index is 12.1. The molecule has 0 saturated carbocycles. The van der Waals surface area contributed by atoms with Crippen LogP contribution in [0.15, 0.2) is 41.3 Å². The zero-order chi connectivity index (χ0) is 20.2. The molecule has 9 nitrogen and oxygen atoms in total. The molecule has 0 amide bonds. The van der Waals surface area contributed by atoms with Crippen molar-refractivity contribution < 1.29 is 4.74 Å². The molecule has 30 heavy (non-hydrogen) atoms. The van der Waals surface area contributed by atoms with E-state index in [-0.39, 0.29) is 5.69 Å². The third kappa shape index (κ3) is 2.54. The van der Waals surface area contributed by atoms with Crippen LogP contribution in [-0.2, 0) is 20.0 Å². The number of rotatable bonds is 2. The summed E-state index contributed by atoms with van der Waals surface area (Å²) in [6, 6.07) is 10.1. The molecule has 0 aliphatic carbocycles. The predicted molar refractivity (Wildman–Crippen MR) is 111 cm³/mol. The van der Waals surface area contributed by atoms with Crippen molar-refractivity contribution in [2.24, 2.45) is 7.05 Å². The number of hydrogen-bond acceptors (Lipinski definition) is 6. The summed E-state index contributed by atoms with van der Waals surface area (Å²) in [5, 5.41) is 13.1. The quantitative estimate of drug-likeness (QED) is 0.510. The van der Waals surface area contributed by atoms with Gasteiger partial charge in [0.1, 0.15) is 18.2 Å². The highest BCUT2D eigenvalue weighted by atomic mass is 16.5. The van der Waals surface area contributed by atoms with E-state index in [1.807, 2.05) is 12.1 Å². The smallest absolute Gasteiger partial charge is 0.350 e. The maximum Gasteiger partial charge on any atom is 0.350 e. The molecule has 0 fully saturated rings. The minimum atomic E-state index is -0.153. The van der Waals surface area contributed by atoms with E-state index >= 15 is 0 Å². The molecule has 152 valence electrons. The zero-order valence-electron chi connectivity index (χ0n) is 16.7. The van der Waals surface area contributed by atoms with Crippen LogP contribution in [0, 0.1) is 0 Å². The van der Waals surface area contributed by atoms with E-state index in [0.717, 1.165) is 60.3 Å². The Balaban J connectivity index is 1.40. The number of aromatic nitrogens is 6. The van der Waals surface area contributed by atoms with Crippen molar-refractivity contribution in [1.82, 2.24) is 28.9 Å². The summed E-state index contributed by atoms with van der Waals surface area (Å²) in [4.78, 5) is 14.3. The van der Waals surface area contributed by atoms with Crippen molar-refractivity contribution in [1.29, 1.82) is 0 Å². The van der Waals surface area contributed by atoms with Gasteiger partial charge in [0.2, 0.25) is 0 Å². The number of hydrogen-bond donors (Lipinski definition) is 0. The first-order valence-corrected chi connectivity index (χ1v) is 10.2. The molecule has 6 rings (SSSR count). The van der Waals surface area contributed by atoms with Crippen molar-refractivity contribution in [3.8, 4) is 17.1 Å². The van der Waals surface area contributed by atoms with Gasteiger partial charge in [0, 0.05) is 43.5 Å². The van der Waals surface area contributed by atoms with Gasteiger partial charge in [-0.1, -0.05) is 0 Å². The SMILES string of the molecule is Cn1nc2cc(N3CCOc4cc(-c5nnc6n5CCCC6)ccc43)ccn2c1=O. The van der Waals surface area contributed by atoms with Gasteiger partial charge in [0.05, 0.1) is 12.2 Å². The Labute approximate surface area is 172 Å². The van der Waals surface area contributed by atoms with Gasteiger partial charge in [-0.05, 0) is 37.1 Å². The molecule has 5 heterocycles. The largest absolute Gasteiger partial charge is 0.490 e. The Morgan fingerprint density at radius 2 is 2.00 bits per heavy atom. The van der Waals surface area contributed by atoms with E-state index in [4.69, 9.17) is 4.74 Å². The van der Waals surface area contributed by atoms with Crippen LogP contribution in [0.4, 0.5) is 11.4 Å². The maximum absolute atomic E-state index is 12.1. The fraction of sp³-hybridized carbons (Fsp3) is 0.333. The molecule has 0 N–H and O–H groups in total. The van der Waals surface area contributed by atoms with Crippen LogP contribution in [0.25, 0.3) is 17.0 Å². The van der Waals surface area contributed by atoms with Crippen LogP contribution in [0.1, 0.15) is 18.7 Å². The first-order chi connectivity index (χ1) is 14.7. The molecule has 0 unspecified atom stereocenters. The third-order valence-electron chi connectivity index (χ3n) is 5.91. The average Bonchev–Trinajstić information content (AvgIpc) is 3.33. The minimum Gasteiger partial charge on any atom is -0.490 e. The summed E-state index contributed by atoms with van der Waals surface area (Å²) in [6.45, 7) is 2.26. The molecule has 0 bridgehead atoms. The Hall–Kier alpha value is -3.62. The molecule has 1 aromatic carbocycles. The van der Waals surface area contributed by atoms with E-state index in [0.29, 0.717) is 12.3 Å². The van der Waals surface area contributed by atoms with Gasteiger partial charge < -0.3 is 14.2 Å². The Morgan fingerprint density at radius 1 is 1.07 bits per heavy atom. The topological polar surface area (TPSA) is 82.5 Å². The van der Waals surface area contributed by atoms with Crippen LogP contribution in [0.3, 0.4) is 0 Å². The summed E-state index contributed by atoms with van der Waals surface area (Å²) in [5.41, 5.74) is 3.46. The average molecular weight is 403 g/mol. The third-order valence-corrected chi connectivity index (χ3v) is 5.91. The van der Waals surface area contributed by atoms with Crippen LogP contribution >= 0.6 is 0 Å². The lowest BCUT2D eigenvalue weighted by molar-refractivity contribution is 0.314. The van der Waals surface area contributed by atoms with E-state index in [1.54, 1.807) is 17.6 Å². The van der Waals surface area contributed by atoms with E-state index in [9.17, 15) is 4.79 Å². The van der Waals surface area contributed by atoms with Crippen molar-refractivity contribution in [2.75, 3.05) is 18.1 Å². The molecule has 2 aliphatic rings. The van der Waals surface area contributed by atoms with Crippen LogP contribution in [0.2, 0.25) is 0 Å². The van der Waals surface area contributed by atoms with Gasteiger partial charge in [0.25, 0.3) is 0 Å². The van der Waals surface area contributed by atoms with Crippen molar-refractivity contribution in [3.63, 3.8) is 0 Å². The van der Waals surface area contributed by atoms with Gasteiger partial charge in [-0.2, -0.15) is 5.10 Å². The normalized spacial score (nSPS) is 15.7. The fourth-order valence-electron chi connectivity index (χ4n) is 4.39. The van der Waals surface area contributed by atoms with Crippen molar-refractivity contribution in [3.05, 3.63) is 52.8 Å². The fourth-order valence-corrected chi connectivity index (χ4v) is 4.39. The molecule has 0 saturated heterocycles. The number of ether oxygens (including phenoxy) is 1. The predicted octanol–water partition coefficient (Wildman–Crippen LogP) is 2.16. The summed E-state index contributed by atoms with van der Waals surface area (Å²) in [6.07, 6.45) is 5.09. The molecule has 9 heteroatoms. The standard InChI is InChI=1S/C21H21N7O2/c1-25-21(29)28-9-7-15(13-19(28)24-25)26-10-11-30-17-12-14(5-6-16(17)26)20-23-22-18-4-2-3-8-27(18)20/h5-7,9,12-13H,2-4,8,10-11H2,1H3.